The van der Waals surface area contributed by atoms with Gasteiger partial charge in [0.25, 0.3) is 0 Å². The number of anilines is 1. The first-order valence-electron chi connectivity index (χ1n) is 5.73. The molecule has 1 aliphatic heterocycles. The Morgan fingerprint density at radius 1 is 1.25 bits per heavy atom. The van der Waals surface area contributed by atoms with Gasteiger partial charge in [0.15, 0.2) is 0 Å². The SMILES string of the molecule is Cc1nnc(N2CCCCC2CCl)nc1C. The first-order valence-corrected chi connectivity index (χ1v) is 6.26. The Balaban J connectivity index is 2.23. The summed E-state index contributed by atoms with van der Waals surface area (Å²) in [4.78, 5) is 6.68. The Morgan fingerprint density at radius 2 is 2.06 bits per heavy atom. The lowest BCUT2D eigenvalue weighted by atomic mass is 10.0. The minimum absolute atomic E-state index is 0.360. The zero-order valence-corrected chi connectivity index (χ0v) is 10.5. The van der Waals surface area contributed by atoms with E-state index in [0.717, 1.165) is 30.3 Å². The van der Waals surface area contributed by atoms with Crippen LogP contribution in [-0.4, -0.2) is 33.6 Å². The molecule has 5 heteroatoms. The largest absolute Gasteiger partial charge is 0.335 e. The van der Waals surface area contributed by atoms with Crippen molar-refractivity contribution in [3.63, 3.8) is 0 Å². The summed E-state index contributed by atoms with van der Waals surface area (Å²) in [6.07, 6.45) is 3.55. The van der Waals surface area contributed by atoms with Crippen LogP contribution in [0.25, 0.3) is 0 Å². The standard InChI is InChI=1S/C11H17ClN4/c1-8-9(2)14-15-11(13-8)16-6-4-3-5-10(16)7-12/h10H,3-7H2,1-2H3. The molecule has 1 atom stereocenters. The molecule has 0 spiro atoms. The fraction of sp³-hybridized carbons (Fsp3) is 0.727. The maximum absolute atomic E-state index is 5.98. The van der Waals surface area contributed by atoms with Gasteiger partial charge in [-0.2, -0.15) is 5.10 Å². The minimum atomic E-state index is 0.360. The fourth-order valence-electron chi connectivity index (χ4n) is 1.99. The van der Waals surface area contributed by atoms with Crippen molar-refractivity contribution in [2.45, 2.75) is 39.2 Å². The van der Waals surface area contributed by atoms with Gasteiger partial charge < -0.3 is 4.90 Å². The van der Waals surface area contributed by atoms with Crippen LogP contribution in [0.5, 0.6) is 0 Å². The summed E-state index contributed by atoms with van der Waals surface area (Å²) in [5.74, 6) is 1.37. The lowest BCUT2D eigenvalue weighted by molar-refractivity contribution is 0.477. The van der Waals surface area contributed by atoms with E-state index < -0.39 is 0 Å². The van der Waals surface area contributed by atoms with E-state index in [4.69, 9.17) is 11.6 Å². The lowest BCUT2D eigenvalue weighted by Gasteiger charge is -2.34. The van der Waals surface area contributed by atoms with Gasteiger partial charge in [-0.1, -0.05) is 0 Å². The van der Waals surface area contributed by atoms with Gasteiger partial charge in [0.1, 0.15) is 0 Å². The predicted octanol–water partition coefficient (Wildman–Crippen LogP) is 2.09. The first kappa shape index (κ1) is 11.6. The lowest BCUT2D eigenvalue weighted by Crippen LogP contribution is -2.42. The predicted molar refractivity (Wildman–Crippen MR) is 65.0 cm³/mol. The van der Waals surface area contributed by atoms with Gasteiger partial charge in [-0.05, 0) is 33.1 Å². The Bertz CT molecular complexity index is 369. The molecule has 0 radical (unpaired) electrons. The van der Waals surface area contributed by atoms with Crippen LogP contribution in [0.3, 0.4) is 0 Å². The Labute approximate surface area is 101 Å². The van der Waals surface area contributed by atoms with Crippen LogP contribution in [0.1, 0.15) is 30.7 Å². The molecule has 1 aliphatic rings. The molecule has 1 aromatic rings. The highest BCUT2D eigenvalue weighted by Crippen LogP contribution is 2.22. The molecule has 16 heavy (non-hydrogen) atoms. The summed E-state index contributed by atoms with van der Waals surface area (Å²) in [7, 11) is 0. The molecule has 0 amide bonds. The van der Waals surface area contributed by atoms with Crippen molar-refractivity contribution >= 4 is 17.5 Å². The Hall–Kier alpha value is -0.900. The number of alkyl halides is 1. The second-order valence-corrected chi connectivity index (χ2v) is 4.59. The van der Waals surface area contributed by atoms with Crippen LogP contribution in [0.4, 0.5) is 5.95 Å². The highest BCUT2D eigenvalue weighted by molar-refractivity contribution is 6.18. The highest BCUT2D eigenvalue weighted by Gasteiger charge is 2.24. The molecule has 2 rings (SSSR count). The van der Waals surface area contributed by atoms with Crippen molar-refractivity contribution in [2.24, 2.45) is 0 Å². The third-order valence-electron chi connectivity index (χ3n) is 3.14. The number of aromatic nitrogens is 3. The van der Waals surface area contributed by atoms with Crippen molar-refractivity contribution in [3.8, 4) is 0 Å². The first-order chi connectivity index (χ1) is 7.72. The molecule has 0 N–H and O–H groups in total. The number of hydrogen-bond acceptors (Lipinski definition) is 4. The van der Waals surface area contributed by atoms with Gasteiger partial charge in [-0.3, -0.25) is 0 Å². The second-order valence-electron chi connectivity index (χ2n) is 4.28. The maximum atomic E-state index is 5.98. The fourth-order valence-corrected chi connectivity index (χ4v) is 2.31. The van der Waals surface area contributed by atoms with Gasteiger partial charge in [0.2, 0.25) is 5.95 Å². The number of hydrogen-bond donors (Lipinski definition) is 0. The van der Waals surface area contributed by atoms with E-state index in [2.05, 4.69) is 20.1 Å². The topological polar surface area (TPSA) is 41.9 Å². The maximum Gasteiger partial charge on any atom is 0.245 e. The average Bonchev–Trinajstić information content (AvgIpc) is 2.32. The zero-order valence-electron chi connectivity index (χ0n) is 9.78. The number of piperidine rings is 1. The highest BCUT2D eigenvalue weighted by atomic mass is 35.5. The van der Waals surface area contributed by atoms with Crippen molar-refractivity contribution in [1.29, 1.82) is 0 Å². The smallest absolute Gasteiger partial charge is 0.245 e. The quantitative estimate of drug-likeness (QED) is 0.743. The van der Waals surface area contributed by atoms with E-state index in [1.807, 2.05) is 13.8 Å². The third kappa shape index (κ3) is 2.26. The second kappa shape index (κ2) is 4.95. The van der Waals surface area contributed by atoms with Crippen LogP contribution in [0.15, 0.2) is 0 Å². The number of halogens is 1. The molecule has 0 saturated carbocycles. The molecule has 0 aromatic carbocycles. The molecular formula is C11H17ClN4. The van der Waals surface area contributed by atoms with Crippen LogP contribution in [-0.2, 0) is 0 Å². The van der Waals surface area contributed by atoms with Crippen LogP contribution in [0.2, 0.25) is 0 Å². The van der Waals surface area contributed by atoms with E-state index in [1.165, 1.54) is 12.8 Å². The normalized spacial score (nSPS) is 21.2. The van der Waals surface area contributed by atoms with Crippen molar-refractivity contribution < 1.29 is 0 Å². The van der Waals surface area contributed by atoms with Gasteiger partial charge in [0, 0.05) is 18.5 Å². The average molecular weight is 241 g/mol. The molecule has 0 aliphatic carbocycles. The van der Waals surface area contributed by atoms with Crippen LogP contribution >= 0.6 is 11.6 Å². The summed E-state index contributed by atoms with van der Waals surface area (Å²) < 4.78 is 0. The van der Waals surface area contributed by atoms with E-state index in [9.17, 15) is 0 Å². The molecule has 4 nitrogen and oxygen atoms in total. The van der Waals surface area contributed by atoms with Crippen molar-refractivity contribution in [3.05, 3.63) is 11.4 Å². The zero-order chi connectivity index (χ0) is 11.5. The Morgan fingerprint density at radius 3 is 2.75 bits per heavy atom. The molecule has 1 aromatic heterocycles. The number of rotatable bonds is 2. The molecule has 1 saturated heterocycles. The Kier molecular flexibility index (Phi) is 3.59. The molecule has 88 valence electrons. The van der Waals surface area contributed by atoms with E-state index >= 15 is 0 Å². The van der Waals surface area contributed by atoms with Crippen LogP contribution < -0.4 is 4.90 Å². The van der Waals surface area contributed by atoms with Crippen LogP contribution in [0, 0.1) is 13.8 Å². The summed E-state index contributed by atoms with van der Waals surface area (Å²) >= 11 is 5.98. The molecular weight excluding hydrogens is 224 g/mol. The minimum Gasteiger partial charge on any atom is -0.335 e. The van der Waals surface area contributed by atoms with Crippen molar-refractivity contribution in [1.82, 2.24) is 15.2 Å². The summed E-state index contributed by atoms with van der Waals surface area (Å²) in [6.45, 7) is 4.88. The summed E-state index contributed by atoms with van der Waals surface area (Å²) in [6, 6.07) is 0.360. The van der Waals surface area contributed by atoms with E-state index in [0.29, 0.717) is 11.9 Å². The molecule has 1 unspecified atom stereocenters. The summed E-state index contributed by atoms with van der Waals surface area (Å²) in [5, 5.41) is 8.29. The molecule has 2 heterocycles. The van der Waals surface area contributed by atoms with E-state index in [-0.39, 0.29) is 0 Å². The van der Waals surface area contributed by atoms with Gasteiger partial charge in [-0.25, -0.2) is 4.98 Å². The number of aryl methyl sites for hydroxylation is 2. The van der Waals surface area contributed by atoms with E-state index in [1.54, 1.807) is 0 Å². The van der Waals surface area contributed by atoms with Crippen molar-refractivity contribution in [2.75, 3.05) is 17.3 Å². The number of nitrogens with zero attached hydrogens (tertiary/aromatic N) is 4. The third-order valence-corrected chi connectivity index (χ3v) is 3.50. The van der Waals surface area contributed by atoms with Gasteiger partial charge in [0.05, 0.1) is 11.4 Å². The monoisotopic (exact) mass is 240 g/mol. The molecule has 0 bridgehead atoms. The van der Waals surface area contributed by atoms with Gasteiger partial charge in [-0.15, -0.1) is 16.7 Å². The summed E-state index contributed by atoms with van der Waals surface area (Å²) in [5.41, 5.74) is 1.84. The van der Waals surface area contributed by atoms with Gasteiger partial charge >= 0.3 is 0 Å². The molecule has 1 fully saturated rings.